The third kappa shape index (κ3) is 4.35. The van der Waals surface area contributed by atoms with Crippen LogP contribution in [0.1, 0.15) is 35.8 Å². The third-order valence-electron chi connectivity index (χ3n) is 4.76. The van der Waals surface area contributed by atoms with Gasteiger partial charge in [0.25, 0.3) is 5.91 Å². The van der Waals surface area contributed by atoms with Crippen molar-refractivity contribution >= 4 is 11.8 Å². The molecule has 0 saturated carbocycles. The summed E-state index contributed by atoms with van der Waals surface area (Å²) in [6.45, 7) is 7.30. The Morgan fingerprint density at radius 3 is 2.80 bits per heavy atom. The topological polar surface area (TPSA) is 74.8 Å². The second-order valence-electron chi connectivity index (χ2n) is 6.51. The molecule has 2 aliphatic heterocycles. The first-order valence-corrected chi connectivity index (χ1v) is 9.02. The van der Waals surface area contributed by atoms with Crippen LogP contribution < -0.4 is 5.32 Å². The number of hydrogen-bond donors (Lipinski definition) is 1. The molecule has 7 heteroatoms. The summed E-state index contributed by atoms with van der Waals surface area (Å²) in [6, 6.07) is 3.31. The van der Waals surface area contributed by atoms with Gasteiger partial charge in [-0.2, -0.15) is 0 Å². The highest BCUT2D eigenvalue weighted by molar-refractivity contribution is 5.96. The molecule has 0 radical (unpaired) electrons. The Morgan fingerprint density at radius 1 is 1.32 bits per heavy atom. The monoisotopic (exact) mass is 346 g/mol. The predicted molar refractivity (Wildman–Crippen MR) is 93.1 cm³/mol. The van der Waals surface area contributed by atoms with E-state index >= 15 is 0 Å². The van der Waals surface area contributed by atoms with Crippen LogP contribution in [0.25, 0.3) is 0 Å². The fourth-order valence-electron chi connectivity index (χ4n) is 3.33. The zero-order valence-electron chi connectivity index (χ0n) is 14.7. The maximum Gasteiger partial charge on any atom is 0.273 e. The molecule has 0 unspecified atom stereocenters. The van der Waals surface area contributed by atoms with Crippen LogP contribution in [0.4, 0.5) is 0 Å². The SMILES string of the molecule is CC[C@H]1C(=O)NCCCN1C(=O)c1ccc(CN2CCOCC2)cn1. The molecule has 25 heavy (non-hydrogen) atoms. The number of pyridine rings is 1. The van der Waals surface area contributed by atoms with Gasteiger partial charge in [0.15, 0.2) is 0 Å². The molecule has 2 fully saturated rings. The summed E-state index contributed by atoms with van der Waals surface area (Å²) in [5.41, 5.74) is 1.48. The lowest BCUT2D eigenvalue weighted by Crippen LogP contribution is -2.47. The van der Waals surface area contributed by atoms with Crippen molar-refractivity contribution < 1.29 is 14.3 Å². The molecule has 2 saturated heterocycles. The van der Waals surface area contributed by atoms with E-state index in [1.54, 1.807) is 17.2 Å². The average molecular weight is 346 g/mol. The van der Waals surface area contributed by atoms with Crippen molar-refractivity contribution in [1.29, 1.82) is 0 Å². The zero-order valence-corrected chi connectivity index (χ0v) is 14.7. The van der Waals surface area contributed by atoms with Gasteiger partial charge >= 0.3 is 0 Å². The van der Waals surface area contributed by atoms with Crippen molar-refractivity contribution in [2.75, 3.05) is 39.4 Å². The lowest BCUT2D eigenvalue weighted by atomic mass is 10.1. The van der Waals surface area contributed by atoms with E-state index in [9.17, 15) is 9.59 Å². The van der Waals surface area contributed by atoms with Gasteiger partial charge in [-0.15, -0.1) is 0 Å². The van der Waals surface area contributed by atoms with Crippen LogP contribution in [-0.2, 0) is 16.1 Å². The van der Waals surface area contributed by atoms with Gasteiger partial charge < -0.3 is 15.0 Å². The fraction of sp³-hybridized carbons (Fsp3) is 0.611. The van der Waals surface area contributed by atoms with Gasteiger partial charge in [-0.3, -0.25) is 19.5 Å². The molecular weight excluding hydrogens is 320 g/mol. The van der Waals surface area contributed by atoms with Crippen LogP contribution in [0.5, 0.6) is 0 Å². The van der Waals surface area contributed by atoms with Crippen LogP contribution in [0.2, 0.25) is 0 Å². The number of nitrogens with zero attached hydrogens (tertiary/aromatic N) is 3. The molecule has 1 aromatic rings. The molecule has 1 N–H and O–H groups in total. The molecular formula is C18H26N4O3. The number of amides is 2. The van der Waals surface area contributed by atoms with Gasteiger partial charge in [-0.1, -0.05) is 13.0 Å². The molecule has 1 aromatic heterocycles. The lowest BCUT2D eigenvalue weighted by Gasteiger charge is -2.28. The molecule has 2 aliphatic rings. The molecule has 136 valence electrons. The van der Waals surface area contributed by atoms with Gasteiger partial charge in [0.1, 0.15) is 11.7 Å². The normalized spacial score (nSPS) is 22.4. The zero-order chi connectivity index (χ0) is 17.6. The highest BCUT2D eigenvalue weighted by Gasteiger charge is 2.31. The van der Waals surface area contributed by atoms with Crippen LogP contribution in [0, 0.1) is 0 Å². The summed E-state index contributed by atoms with van der Waals surface area (Å²) in [6.07, 6.45) is 3.14. The highest BCUT2D eigenvalue weighted by Crippen LogP contribution is 2.14. The predicted octanol–water partition coefficient (Wildman–Crippen LogP) is 0.655. The summed E-state index contributed by atoms with van der Waals surface area (Å²) < 4.78 is 5.35. The summed E-state index contributed by atoms with van der Waals surface area (Å²) in [5.74, 6) is -0.237. The number of carbonyl (C=O) groups is 2. The number of morpholine rings is 1. The number of carbonyl (C=O) groups excluding carboxylic acids is 2. The smallest absolute Gasteiger partial charge is 0.273 e. The Morgan fingerprint density at radius 2 is 2.12 bits per heavy atom. The number of nitrogens with one attached hydrogen (secondary N) is 1. The van der Waals surface area contributed by atoms with E-state index in [2.05, 4.69) is 15.2 Å². The number of aromatic nitrogens is 1. The minimum absolute atomic E-state index is 0.0720. The van der Waals surface area contributed by atoms with Gasteiger partial charge in [0.05, 0.1) is 13.2 Å². The van der Waals surface area contributed by atoms with Gasteiger partial charge in [0, 0.05) is 38.9 Å². The first kappa shape index (κ1) is 17.8. The van der Waals surface area contributed by atoms with Gasteiger partial charge in [-0.25, -0.2) is 0 Å². The summed E-state index contributed by atoms with van der Waals surface area (Å²) >= 11 is 0. The van der Waals surface area contributed by atoms with Crippen LogP contribution >= 0.6 is 0 Å². The molecule has 0 aliphatic carbocycles. The Hall–Kier alpha value is -1.99. The van der Waals surface area contributed by atoms with Crippen molar-refractivity contribution in [2.24, 2.45) is 0 Å². The number of ether oxygens (including phenoxy) is 1. The largest absolute Gasteiger partial charge is 0.379 e. The Bertz CT molecular complexity index is 599. The molecule has 2 amide bonds. The van der Waals surface area contributed by atoms with Crippen LogP contribution in [-0.4, -0.2) is 72.0 Å². The standard InChI is InChI=1S/C18H26N4O3/c1-2-16-17(23)19-6-3-7-22(16)18(24)15-5-4-14(12-20-15)13-21-8-10-25-11-9-21/h4-5,12,16H,2-3,6-11,13H2,1H3,(H,19,23)/t16-/m0/s1. The summed E-state index contributed by atoms with van der Waals surface area (Å²) in [4.78, 5) is 33.3. The second kappa shape index (κ2) is 8.40. The van der Waals surface area contributed by atoms with Crippen LogP contribution in [0.3, 0.4) is 0 Å². The Balaban J connectivity index is 1.67. The Kier molecular flexibility index (Phi) is 5.99. The van der Waals surface area contributed by atoms with E-state index in [1.807, 2.05) is 13.0 Å². The van der Waals surface area contributed by atoms with Crippen molar-refractivity contribution in [3.63, 3.8) is 0 Å². The van der Waals surface area contributed by atoms with Crippen molar-refractivity contribution in [3.05, 3.63) is 29.6 Å². The maximum absolute atomic E-state index is 12.8. The second-order valence-corrected chi connectivity index (χ2v) is 6.51. The quantitative estimate of drug-likeness (QED) is 0.867. The van der Waals surface area contributed by atoms with Crippen LogP contribution in [0.15, 0.2) is 18.3 Å². The molecule has 0 spiro atoms. The van der Waals surface area contributed by atoms with Crippen molar-refractivity contribution in [2.45, 2.75) is 32.4 Å². The van der Waals surface area contributed by atoms with E-state index in [4.69, 9.17) is 4.74 Å². The first-order valence-electron chi connectivity index (χ1n) is 9.02. The number of hydrogen-bond acceptors (Lipinski definition) is 5. The molecule has 3 rings (SSSR count). The van der Waals surface area contributed by atoms with Gasteiger partial charge in [0.2, 0.25) is 5.91 Å². The first-order chi connectivity index (χ1) is 12.2. The van der Waals surface area contributed by atoms with Gasteiger partial charge in [-0.05, 0) is 24.5 Å². The highest BCUT2D eigenvalue weighted by atomic mass is 16.5. The Labute approximate surface area is 148 Å². The van der Waals surface area contributed by atoms with E-state index < -0.39 is 6.04 Å². The van der Waals surface area contributed by atoms with E-state index in [1.165, 1.54) is 0 Å². The molecule has 0 bridgehead atoms. The van der Waals surface area contributed by atoms with E-state index in [-0.39, 0.29) is 11.8 Å². The molecule has 0 aromatic carbocycles. The number of rotatable bonds is 4. The van der Waals surface area contributed by atoms with Crippen molar-refractivity contribution in [1.82, 2.24) is 20.1 Å². The molecule has 1 atom stereocenters. The van der Waals surface area contributed by atoms with E-state index in [0.29, 0.717) is 25.2 Å². The maximum atomic E-state index is 12.8. The minimum Gasteiger partial charge on any atom is -0.379 e. The van der Waals surface area contributed by atoms with Crippen molar-refractivity contribution in [3.8, 4) is 0 Å². The third-order valence-corrected chi connectivity index (χ3v) is 4.76. The molecule has 3 heterocycles. The fourth-order valence-corrected chi connectivity index (χ4v) is 3.33. The summed E-state index contributed by atoms with van der Waals surface area (Å²) in [7, 11) is 0. The van der Waals surface area contributed by atoms with E-state index in [0.717, 1.165) is 44.8 Å². The minimum atomic E-state index is -0.412. The molecule has 7 nitrogen and oxygen atoms in total. The summed E-state index contributed by atoms with van der Waals surface area (Å²) in [5, 5.41) is 2.87. The lowest BCUT2D eigenvalue weighted by molar-refractivity contribution is -0.124. The average Bonchev–Trinajstić information content (AvgIpc) is 2.83.